The molecule has 0 spiro atoms. The fraction of sp³-hybridized carbons (Fsp3) is 0.417. The van der Waals surface area contributed by atoms with Gasteiger partial charge in [-0.3, -0.25) is 4.79 Å². The molecule has 0 amide bonds. The smallest absolute Gasteiger partial charge is 0.314 e. The minimum atomic E-state index is -0.859. The van der Waals surface area contributed by atoms with E-state index in [2.05, 4.69) is 15.9 Å². The normalized spacial score (nSPS) is 17.3. The molecule has 1 aromatic carbocycles. The van der Waals surface area contributed by atoms with Gasteiger partial charge in [-0.25, -0.2) is 0 Å². The Labute approximate surface area is 107 Å². The zero-order valence-electron chi connectivity index (χ0n) is 9.36. The maximum atomic E-state index is 11.4. The van der Waals surface area contributed by atoms with Crippen LogP contribution in [-0.4, -0.2) is 23.3 Å². The van der Waals surface area contributed by atoms with Gasteiger partial charge >= 0.3 is 5.97 Å². The van der Waals surface area contributed by atoms with Crippen molar-refractivity contribution >= 4 is 21.9 Å². The zero-order chi connectivity index (χ0) is 12.6. The van der Waals surface area contributed by atoms with E-state index in [4.69, 9.17) is 4.74 Å². The summed E-state index contributed by atoms with van der Waals surface area (Å²) in [7, 11) is 1.46. The molecule has 1 saturated carbocycles. The van der Waals surface area contributed by atoms with E-state index in [0.717, 1.165) is 6.42 Å². The van der Waals surface area contributed by atoms with E-state index in [9.17, 15) is 15.0 Å². The molecule has 0 saturated heterocycles. The Morgan fingerprint density at radius 2 is 2.12 bits per heavy atom. The maximum Gasteiger partial charge on any atom is 0.314 e. The van der Waals surface area contributed by atoms with E-state index in [1.807, 2.05) is 0 Å². The third-order valence-corrected chi connectivity index (χ3v) is 4.06. The summed E-state index contributed by atoms with van der Waals surface area (Å²) < 4.78 is 5.64. The Balaban J connectivity index is 2.52. The zero-order valence-corrected chi connectivity index (χ0v) is 11.0. The van der Waals surface area contributed by atoms with Gasteiger partial charge in [-0.2, -0.15) is 0 Å². The number of benzene rings is 1. The summed E-state index contributed by atoms with van der Waals surface area (Å²) >= 11 is 3.35. The Kier molecular flexibility index (Phi) is 3.03. The molecule has 0 radical (unpaired) electrons. The van der Waals surface area contributed by atoms with E-state index in [0.29, 0.717) is 28.6 Å². The van der Waals surface area contributed by atoms with E-state index in [-0.39, 0.29) is 5.75 Å². The molecule has 2 rings (SSSR count). The van der Waals surface area contributed by atoms with Crippen molar-refractivity contribution in [1.82, 2.24) is 0 Å². The summed E-state index contributed by atoms with van der Waals surface area (Å²) in [5.41, 5.74) is -0.239. The van der Waals surface area contributed by atoms with E-state index in [1.165, 1.54) is 13.2 Å². The average Bonchev–Trinajstić information content (AvgIpc) is 2.20. The van der Waals surface area contributed by atoms with Gasteiger partial charge in [-0.1, -0.05) is 22.4 Å². The van der Waals surface area contributed by atoms with Crippen LogP contribution in [0, 0.1) is 0 Å². The molecular weight excluding hydrogens is 288 g/mol. The summed E-state index contributed by atoms with van der Waals surface area (Å²) in [5, 5.41) is 19.1. The Morgan fingerprint density at radius 1 is 1.47 bits per heavy atom. The highest BCUT2D eigenvalue weighted by atomic mass is 79.9. The van der Waals surface area contributed by atoms with Gasteiger partial charge in [0.25, 0.3) is 0 Å². The van der Waals surface area contributed by atoms with Gasteiger partial charge < -0.3 is 14.9 Å². The molecule has 0 aromatic heterocycles. The second-order valence-corrected chi connectivity index (χ2v) is 5.10. The fourth-order valence-corrected chi connectivity index (χ4v) is 2.90. The second kappa shape index (κ2) is 4.22. The number of hydrogen-bond donors (Lipinski definition) is 2. The van der Waals surface area contributed by atoms with Crippen LogP contribution in [0.15, 0.2) is 16.6 Å². The monoisotopic (exact) mass is 300 g/mol. The number of halogens is 1. The standard InChI is InChI=1S/C12H13BrO4/c1-17-10-6-8(13)7(5-9(10)14)12(11(15)16)3-2-4-12/h5-6,14H,2-4H2,1H3,(H,15,16). The highest BCUT2D eigenvalue weighted by molar-refractivity contribution is 9.10. The lowest BCUT2D eigenvalue weighted by Gasteiger charge is -2.38. The van der Waals surface area contributed by atoms with Crippen molar-refractivity contribution in [2.75, 3.05) is 7.11 Å². The number of aromatic hydroxyl groups is 1. The van der Waals surface area contributed by atoms with E-state index in [1.54, 1.807) is 6.07 Å². The van der Waals surface area contributed by atoms with Crippen molar-refractivity contribution in [2.24, 2.45) is 0 Å². The molecule has 5 heteroatoms. The third kappa shape index (κ3) is 1.78. The van der Waals surface area contributed by atoms with Gasteiger partial charge in [0, 0.05) is 4.47 Å². The van der Waals surface area contributed by atoms with Crippen molar-refractivity contribution in [3.63, 3.8) is 0 Å². The number of ether oxygens (including phenoxy) is 1. The first-order valence-electron chi connectivity index (χ1n) is 5.31. The van der Waals surface area contributed by atoms with Crippen LogP contribution in [0.3, 0.4) is 0 Å². The first kappa shape index (κ1) is 12.2. The number of carboxylic acid groups (broad SMARTS) is 1. The topological polar surface area (TPSA) is 66.8 Å². The van der Waals surface area contributed by atoms with Crippen LogP contribution >= 0.6 is 15.9 Å². The van der Waals surface area contributed by atoms with Crippen LogP contribution in [0.4, 0.5) is 0 Å². The first-order valence-corrected chi connectivity index (χ1v) is 6.11. The molecule has 17 heavy (non-hydrogen) atoms. The molecule has 0 bridgehead atoms. The van der Waals surface area contributed by atoms with Gasteiger partial charge in [-0.15, -0.1) is 0 Å². The molecule has 1 aliphatic rings. The Morgan fingerprint density at radius 3 is 2.53 bits per heavy atom. The summed E-state index contributed by atoms with van der Waals surface area (Å²) in [6, 6.07) is 3.09. The molecule has 2 N–H and O–H groups in total. The number of aliphatic carboxylic acids is 1. The lowest BCUT2D eigenvalue weighted by molar-refractivity contribution is -0.147. The van der Waals surface area contributed by atoms with Gasteiger partial charge in [0.2, 0.25) is 0 Å². The summed E-state index contributed by atoms with van der Waals surface area (Å²) in [6.45, 7) is 0. The molecule has 1 fully saturated rings. The molecule has 0 heterocycles. The maximum absolute atomic E-state index is 11.4. The molecular formula is C12H13BrO4. The quantitative estimate of drug-likeness (QED) is 0.900. The highest BCUT2D eigenvalue weighted by Gasteiger charge is 2.47. The minimum absolute atomic E-state index is 0.0294. The van der Waals surface area contributed by atoms with Gasteiger partial charge in [0.05, 0.1) is 12.5 Å². The Bertz CT molecular complexity index is 466. The molecule has 1 aromatic rings. The van der Waals surface area contributed by atoms with Crippen LogP contribution in [0.25, 0.3) is 0 Å². The van der Waals surface area contributed by atoms with Crippen molar-refractivity contribution < 1.29 is 19.7 Å². The third-order valence-electron chi connectivity index (χ3n) is 3.40. The predicted molar refractivity (Wildman–Crippen MR) is 65.5 cm³/mol. The first-order chi connectivity index (χ1) is 8.01. The fourth-order valence-electron chi connectivity index (χ4n) is 2.20. The molecule has 4 nitrogen and oxygen atoms in total. The van der Waals surface area contributed by atoms with Crippen molar-refractivity contribution in [2.45, 2.75) is 24.7 Å². The number of carbonyl (C=O) groups is 1. The Hall–Kier alpha value is -1.23. The molecule has 1 aliphatic carbocycles. The molecule has 0 unspecified atom stereocenters. The summed E-state index contributed by atoms with van der Waals surface area (Å²) in [5.74, 6) is -0.535. The molecule has 0 atom stereocenters. The number of methoxy groups -OCH3 is 1. The van der Waals surface area contributed by atoms with Crippen LogP contribution in [0.5, 0.6) is 11.5 Å². The van der Waals surface area contributed by atoms with Gasteiger partial charge in [-0.05, 0) is 30.5 Å². The number of phenols is 1. The van der Waals surface area contributed by atoms with Crippen LogP contribution in [0.1, 0.15) is 24.8 Å². The van der Waals surface area contributed by atoms with Gasteiger partial charge in [0.1, 0.15) is 0 Å². The minimum Gasteiger partial charge on any atom is -0.504 e. The number of carboxylic acids is 1. The molecule has 92 valence electrons. The lowest BCUT2D eigenvalue weighted by atomic mass is 9.64. The van der Waals surface area contributed by atoms with Gasteiger partial charge in [0.15, 0.2) is 11.5 Å². The SMILES string of the molecule is COc1cc(Br)c(C2(C(=O)O)CCC2)cc1O. The number of phenolic OH excluding ortho intramolecular Hbond substituents is 1. The van der Waals surface area contributed by atoms with Crippen LogP contribution in [0.2, 0.25) is 0 Å². The number of rotatable bonds is 3. The van der Waals surface area contributed by atoms with Crippen molar-refractivity contribution in [3.8, 4) is 11.5 Å². The van der Waals surface area contributed by atoms with Crippen molar-refractivity contribution in [1.29, 1.82) is 0 Å². The summed E-state index contributed by atoms with van der Waals surface area (Å²) in [6.07, 6.45) is 2.10. The second-order valence-electron chi connectivity index (χ2n) is 4.24. The van der Waals surface area contributed by atoms with Crippen molar-refractivity contribution in [3.05, 3.63) is 22.2 Å². The largest absolute Gasteiger partial charge is 0.504 e. The number of hydrogen-bond acceptors (Lipinski definition) is 3. The van der Waals surface area contributed by atoms with Crippen LogP contribution in [-0.2, 0) is 10.2 Å². The highest BCUT2D eigenvalue weighted by Crippen LogP contribution is 2.48. The molecule has 0 aliphatic heterocycles. The van der Waals surface area contributed by atoms with E-state index < -0.39 is 11.4 Å². The average molecular weight is 301 g/mol. The summed E-state index contributed by atoms with van der Waals surface area (Å²) in [4.78, 5) is 11.4. The lowest BCUT2D eigenvalue weighted by Crippen LogP contribution is -2.42. The van der Waals surface area contributed by atoms with E-state index >= 15 is 0 Å². The predicted octanol–water partition coefficient (Wildman–Crippen LogP) is 2.67. The van der Waals surface area contributed by atoms with Crippen LogP contribution < -0.4 is 4.74 Å².